The molecule has 0 radical (unpaired) electrons. The number of amides is 2. The maximum absolute atomic E-state index is 11.2. The van der Waals surface area contributed by atoms with Crippen LogP contribution >= 0.6 is 0 Å². The molecule has 0 spiro atoms. The summed E-state index contributed by atoms with van der Waals surface area (Å²) in [6.07, 6.45) is 0. The van der Waals surface area contributed by atoms with Gasteiger partial charge in [-0.15, -0.1) is 0 Å². The molecule has 0 aliphatic heterocycles. The van der Waals surface area contributed by atoms with Crippen molar-refractivity contribution < 1.29 is 4.79 Å². The third kappa shape index (κ3) is 4.08. The second-order valence-electron chi connectivity index (χ2n) is 3.68. The molecule has 1 rings (SSSR count). The highest BCUT2D eigenvalue weighted by molar-refractivity contribution is 5.73. The van der Waals surface area contributed by atoms with Crippen molar-refractivity contribution in [1.29, 1.82) is 0 Å². The van der Waals surface area contributed by atoms with Crippen LogP contribution in [0.2, 0.25) is 0 Å². The number of urea groups is 1. The molecule has 0 fully saturated rings. The van der Waals surface area contributed by atoms with Gasteiger partial charge in [0.05, 0.1) is 0 Å². The van der Waals surface area contributed by atoms with E-state index >= 15 is 0 Å². The van der Waals surface area contributed by atoms with Crippen LogP contribution in [0.1, 0.15) is 0 Å². The highest BCUT2D eigenvalue weighted by atomic mass is 16.2. The molecule has 0 aromatic heterocycles. The molecule has 16 heavy (non-hydrogen) atoms. The Kier molecular flexibility index (Phi) is 4.44. The number of anilines is 2. The van der Waals surface area contributed by atoms with Crippen LogP contribution < -0.4 is 16.4 Å². The molecule has 5 heteroatoms. The Balaban J connectivity index is 2.23. The maximum atomic E-state index is 11.2. The smallest absolute Gasteiger partial charge is 0.316 e. The first-order chi connectivity index (χ1) is 7.59. The first-order valence-electron chi connectivity index (χ1n) is 5.14. The first-order valence-corrected chi connectivity index (χ1v) is 5.14. The normalized spacial score (nSPS) is 9.62. The number of nitrogens with zero attached hydrogens (tertiary/aromatic N) is 1. The monoisotopic (exact) mass is 222 g/mol. The molecule has 4 N–H and O–H groups in total. The minimum atomic E-state index is -0.0885. The van der Waals surface area contributed by atoms with Gasteiger partial charge in [-0.25, -0.2) is 4.79 Å². The highest BCUT2D eigenvalue weighted by Gasteiger charge is 2.00. The summed E-state index contributed by atoms with van der Waals surface area (Å²) in [5.74, 6) is 0. The zero-order valence-corrected chi connectivity index (χ0v) is 9.66. The van der Waals surface area contributed by atoms with E-state index < -0.39 is 0 Å². The van der Waals surface area contributed by atoms with Crippen molar-refractivity contribution in [3.05, 3.63) is 24.3 Å². The van der Waals surface area contributed by atoms with Gasteiger partial charge in [0.15, 0.2) is 0 Å². The second-order valence-corrected chi connectivity index (χ2v) is 3.68. The lowest BCUT2D eigenvalue weighted by atomic mass is 10.3. The number of rotatable bonds is 4. The van der Waals surface area contributed by atoms with Crippen molar-refractivity contribution in [2.75, 3.05) is 38.2 Å². The van der Waals surface area contributed by atoms with E-state index in [1.54, 1.807) is 14.1 Å². The van der Waals surface area contributed by atoms with Crippen LogP contribution in [-0.2, 0) is 0 Å². The standard InChI is InChI=1S/C11H18N4O/c1-15(2)11(16)14-7-6-13-10-5-3-4-9(12)8-10/h3-5,8,13H,6-7,12H2,1-2H3,(H,14,16). The number of hydrogen-bond donors (Lipinski definition) is 3. The Hall–Kier alpha value is -1.91. The van der Waals surface area contributed by atoms with Crippen LogP contribution in [0.4, 0.5) is 16.2 Å². The van der Waals surface area contributed by atoms with Gasteiger partial charge in [0.25, 0.3) is 0 Å². The molecule has 0 aliphatic rings. The lowest BCUT2D eigenvalue weighted by Gasteiger charge is -2.12. The lowest BCUT2D eigenvalue weighted by Crippen LogP contribution is -2.37. The molecule has 1 aromatic carbocycles. The van der Waals surface area contributed by atoms with E-state index in [4.69, 9.17) is 5.73 Å². The van der Waals surface area contributed by atoms with Crippen molar-refractivity contribution >= 4 is 17.4 Å². The quantitative estimate of drug-likeness (QED) is 0.525. The third-order valence-corrected chi connectivity index (χ3v) is 2.02. The fourth-order valence-corrected chi connectivity index (χ4v) is 1.18. The summed E-state index contributed by atoms with van der Waals surface area (Å²) < 4.78 is 0. The summed E-state index contributed by atoms with van der Waals surface area (Å²) in [7, 11) is 3.42. The number of nitrogens with one attached hydrogen (secondary N) is 2. The molecule has 88 valence electrons. The van der Waals surface area contributed by atoms with E-state index in [2.05, 4.69) is 10.6 Å². The van der Waals surface area contributed by atoms with E-state index in [1.165, 1.54) is 4.90 Å². The summed E-state index contributed by atoms with van der Waals surface area (Å²) in [5, 5.41) is 5.93. The predicted octanol–water partition coefficient (Wildman–Crippen LogP) is 0.952. The maximum Gasteiger partial charge on any atom is 0.316 e. The lowest BCUT2D eigenvalue weighted by molar-refractivity contribution is 0.218. The molecule has 1 aromatic rings. The van der Waals surface area contributed by atoms with Crippen molar-refractivity contribution in [3.63, 3.8) is 0 Å². The average Bonchev–Trinajstić information content (AvgIpc) is 2.24. The zero-order valence-electron chi connectivity index (χ0n) is 9.66. The molecule has 2 amide bonds. The molecule has 0 saturated carbocycles. The van der Waals surface area contributed by atoms with Gasteiger partial charge in [0.2, 0.25) is 0 Å². The fourth-order valence-electron chi connectivity index (χ4n) is 1.18. The fraction of sp³-hybridized carbons (Fsp3) is 0.364. The van der Waals surface area contributed by atoms with Gasteiger partial charge < -0.3 is 21.3 Å². The number of hydrogen-bond acceptors (Lipinski definition) is 3. The minimum absolute atomic E-state index is 0.0885. The van der Waals surface area contributed by atoms with Gasteiger partial charge in [-0.3, -0.25) is 0 Å². The van der Waals surface area contributed by atoms with Crippen LogP contribution in [0.15, 0.2) is 24.3 Å². The summed E-state index contributed by atoms with van der Waals surface area (Å²) in [6, 6.07) is 7.42. The Labute approximate surface area is 95.6 Å². The van der Waals surface area contributed by atoms with Crippen LogP contribution in [0.5, 0.6) is 0 Å². The Morgan fingerprint density at radius 1 is 1.38 bits per heavy atom. The van der Waals surface area contributed by atoms with Gasteiger partial charge >= 0.3 is 6.03 Å². The van der Waals surface area contributed by atoms with E-state index in [0.717, 1.165) is 11.4 Å². The molecule has 0 saturated heterocycles. The van der Waals surface area contributed by atoms with Crippen LogP contribution in [-0.4, -0.2) is 38.1 Å². The first kappa shape index (κ1) is 12.2. The van der Waals surface area contributed by atoms with Crippen LogP contribution in [0, 0.1) is 0 Å². The van der Waals surface area contributed by atoms with Gasteiger partial charge in [0.1, 0.15) is 0 Å². The summed E-state index contributed by atoms with van der Waals surface area (Å²) in [4.78, 5) is 12.7. The second kappa shape index (κ2) is 5.85. The van der Waals surface area contributed by atoms with E-state index in [9.17, 15) is 4.79 Å². The molecule has 0 heterocycles. The Bertz CT molecular complexity index is 352. The van der Waals surface area contributed by atoms with Crippen molar-refractivity contribution in [2.45, 2.75) is 0 Å². The largest absolute Gasteiger partial charge is 0.399 e. The summed E-state index contributed by atoms with van der Waals surface area (Å²) >= 11 is 0. The van der Waals surface area contributed by atoms with E-state index in [-0.39, 0.29) is 6.03 Å². The molecule has 0 atom stereocenters. The number of benzene rings is 1. The summed E-state index contributed by atoms with van der Waals surface area (Å²) in [6.45, 7) is 1.24. The molecular formula is C11H18N4O. The molecular weight excluding hydrogens is 204 g/mol. The van der Waals surface area contributed by atoms with Gasteiger partial charge in [-0.05, 0) is 18.2 Å². The van der Waals surface area contributed by atoms with E-state index in [1.807, 2.05) is 24.3 Å². The Morgan fingerprint density at radius 2 is 2.12 bits per heavy atom. The third-order valence-electron chi connectivity index (χ3n) is 2.02. The number of carbonyl (C=O) groups is 1. The minimum Gasteiger partial charge on any atom is -0.399 e. The van der Waals surface area contributed by atoms with Crippen molar-refractivity contribution in [2.24, 2.45) is 0 Å². The van der Waals surface area contributed by atoms with Crippen molar-refractivity contribution in [1.82, 2.24) is 10.2 Å². The molecule has 5 nitrogen and oxygen atoms in total. The highest BCUT2D eigenvalue weighted by Crippen LogP contribution is 2.10. The molecule has 0 unspecified atom stereocenters. The van der Waals surface area contributed by atoms with Crippen LogP contribution in [0.25, 0.3) is 0 Å². The van der Waals surface area contributed by atoms with Crippen LogP contribution in [0.3, 0.4) is 0 Å². The number of carbonyl (C=O) groups excluding carboxylic acids is 1. The van der Waals surface area contributed by atoms with E-state index in [0.29, 0.717) is 13.1 Å². The topological polar surface area (TPSA) is 70.4 Å². The predicted molar refractivity (Wildman–Crippen MR) is 66.4 cm³/mol. The average molecular weight is 222 g/mol. The van der Waals surface area contributed by atoms with Crippen molar-refractivity contribution in [3.8, 4) is 0 Å². The van der Waals surface area contributed by atoms with Gasteiger partial charge in [0, 0.05) is 38.6 Å². The molecule has 0 bridgehead atoms. The number of nitrogen functional groups attached to an aromatic ring is 1. The SMILES string of the molecule is CN(C)C(=O)NCCNc1cccc(N)c1. The Morgan fingerprint density at radius 3 is 2.75 bits per heavy atom. The van der Waals surface area contributed by atoms with Gasteiger partial charge in [-0.2, -0.15) is 0 Å². The zero-order chi connectivity index (χ0) is 12.0. The van der Waals surface area contributed by atoms with Gasteiger partial charge in [-0.1, -0.05) is 6.07 Å². The number of nitrogens with two attached hydrogens (primary N) is 1. The summed E-state index contributed by atoms with van der Waals surface area (Å²) in [5.41, 5.74) is 7.32. The molecule has 0 aliphatic carbocycles.